The van der Waals surface area contributed by atoms with Crippen LogP contribution >= 0.6 is 0 Å². The van der Waals surface area contributed by atoms with E-state index in [9.17, 15) is 4.79 Å². The molecular weight excluding hydrogens is 186 g/mol. The Bertz CT molecular complexity index is 537. The molecule has 0 aliphatic rings. The predicted octanol–water partition coefficient (Wildman–Crippen LogP) is 2.94. The molecule has 2 nitrogen and oxygen atoms in total. The molecule has 2 heteroatoms. The van der Waals surface area contributed by atoms with Crippen molar-refractivity contribution in [3.05, 3.63) is 66.2 Å². The summed E-state index contributed by atoms with van der Waals surface area (Å²) in [5.41, 5.74) is 1.09. The molecule has 0 unspecified atom stereocenters. The summed E-state index contributed by atoms with van der Waals surface area (Å²) in [4.78, 5) is 11.8. The van der Waals surface area contributed by atoms with Crippen LogP contribution in [0.3, 0.4) is 0 Å². The summed E-state index contributed by atoms with van der Waals surface area (Å²) in [6.07, 6.45) is 0. The number of hydrogen-bond donors (Lipinski definition) is 1. The summed E-state index contributed by atoms with van der Waals surface area (Å²) >= 11 is 0. The Morgan fingerprint density at radius 1 is 1.00 bits per heavy atom. The number of hydrogen-bond acceptors (Lipinski definition) is 1. The van der Waals surface area contributed by atoms with E-state index >= 15 is 0 Å². The van der Waals surface area contributed by atoms with Crippen LogP contribution in [0.25, 0.3) is 0 Å². The van der Waals surface area contributed by atoms with Crippen molar-refractivity contribution in [1.29, 1.82) is 0 Å². The molecule has 0 radical (unpaired) electrons. The van der Waals surface area contributed by atoms with E-state index in [-0.39, 0.29) is 5.91 Å². The van der Waals surface area contributed by atoms with Crippen LogP contribution in [0.4, 0.5) is 5.69 Å². The fraction of sp³-hybridized carbons (Fsp3) is 0. The van der Waals surface area contributed by atoms with Gasteiger partial charge in [-0.3, -0.25) is 4.79 Å². The van der Waals surface area contributed by atoms with Crippen LogP contribution in [-0.4, -0.2) is 5.91 Å². The van der Waals surface area contributed by atoms with Crippen LogP contribution in [-0.2, 0) is 0 Å². The normalized spacial score (nSPS) is 11.5. The number of carbonyl (C=O) groups excluding carboxylic acids is 1. The maximum absolute atomic E-state index is 11.8. The number of benzene rings is 2. The highest BCUT2D eigenvalue weighted by atomic mass is 16.1. The summed E-state index contributed by atoms with van der Waals surface area (Å²) in [7, 11) is 0. The van der Waals surface area contributed by atoms with Crippen LogP contribution < -0.4 is 5.32 Å². The van der Waals surface area contributed by atoms with Gasteiger partial charge in [-0.05, 0) is 24.3 Å². The highest BCUT2D eigenvalue weighted by Gasteiger charge is 2.03. The van der Waals surface area contributed by atoms with Crippen molar-refractivity contribution in [3.63, 3.8) is 0 Å². The average Bonchev–Trinajstić information content (AvgIpc) is 2.32. The molecule has 2 aromatic rings. The minimum Gasteiger partial charge on any atom is -0.322 e. The van der Waals surface area contributed by atoms with Gasteiger partial charge in [-0.1, -0.05) is 36.4 Å². The Morgan fingerprint density at radius 3 is 2.53 bits per heavy atom. The second-order valence-corrected chi connectivity index (χ2v) is 3.03. The van der Waals surface area contributed by atoms with Crippen LogP contribution in [0.1, 0.15) is 13.1 Å². The first kappa shape index (κ1) is 7.23. The number of para-hydroxylation sites is 1. The fourth-order valence-electron chi connectivity index (χ4n) is 1.21. The van der Waals surface area contributed by atoms with E-state index in [1.807, 2.05) is 0 Å². The number of carbonyl (C=O) groups is 1. The molecule has 74 valence electrons. The molecule has 0 aromatic heterocycles. The van der Waals surface area contributed by atoms with Crippen LogP contribution in [0, 0.1) is 0 Å². The number of amides is 1. The molecule has 0 spiro atoms. The zero-order chi connectivity index (χ0) is 12.3. The Labute approximate surface area is 91.4 Å². The lowest BCUT2D eigenvalue weighted by molar-refractivity contribution is 0.102. The number of rotatable bonds is 2. The van der Waals surface area contributed by atoms with Crippen molar-refractivity contribution in [2.45, 2.75) is 0 Å². The minimum absolute atomic E-state index is 0.253. The highest BCUT2D eigenvalue weighted by Crippen LogP contribution is 2.07. The van der Waals surface area contributed by atoms with Gasteiger partial charge in [-0.2, -0.15) is 0 Å². The number of anilines is 1. The van der Waals surface area contributed by atoms with Crippen LogP contribution in [0.2, 0.25) is 0 Å². The monoisotopic (exact) mass is 199 g/mol. The predicted molar refractivity (Wildman–Crippen MR) is 60.8 cm³/mol. The Kier molecular flexibility index (Phi) is 2.13. The molecular formula is C13H11NO. The molecule has 0 saturated heterocycles. The largest absolute Gasteiger partial charge is 0.322 e. The van der Waals surface area contributed by atoms with E-state index in [0.29, 0.717) is 23.3 Å². The molecule has 0 aliphatic heterocycles. The zero-order valence-corrected chi connectivity index (χ0v) is 8.03. The van der Waals surface area contributed by atoms with Crippen molar-refractivity contribution in [2.75, 3.05) is 5.32 Å². The first-order valence-corrected chi connectivity index (χ1v) is 4.60. The molecule has 15 heavy (non-hydrogen) atoms. The van der Waals surface area contributed by atoms with Gasteiger partial charge in [0.1, 0.15) is 0 Å². The molecule has 0 heterocycles. The van der Waals surface area contributed by atoms with Gasteiger partial charge in [0.05, 0.1) is 2.74 Å². The average molecular weight is 199 g/mol. The van der Waals surface area contributed by atoms with Crippen molar-refractivity contribution < 1.29 is 7.54 Å². The molecule has 1 amide bonds. The first-order valence-electron chi connectivity index (χ1n) is 5.60. The van der Waals surface area contributed by atoms with Gasteiger partial charge in [0, 0.05) is 11.3 Å². The van der Waals surface area contributed by atoms with E-state index < -0.39 is 0 Å². The lowest BCUT2D eigenvalue weighted by Crippen LogP contribution is -2.11. The van der Waals surface area contributed by atoms with Crippen molar-refractivity contribution >= 4 is 11.6 Å². The van der Waals surface area contributed by atoms with E-state index in [1.165, 1.54) is 6.07 Å². The van der Waals surface area contributed by atoms with E-state index in [1.54, 1.807) is 42.5 Å². The van der Waals surface area contributed by atoms with Gasteiger partial charge < -0.3 is 5.32 Å². The second kappa shape index (κ2) is 4.42. The van der Waals surface area contributed by atoms with Crippen molar-refractivity contribution in [2.24, 2.45) is 0 Å². The zero-order valence-electron chi connectivity index (χ0n) is 10.0. The maximum Gasteiger partial charge on any atom is 0.255 e. The third kappa shape index (κ3) is 2.44. The summed E-state index contributed by atoms with van der Waals surface area (Å²) in [6, 6.07) is 13.7. The summed E-state index contributed by atoms with van der Waals surface area (Å²) in [6.45, 7) is 0. The summed E-state index contributed by atoms with van der Waals surface area (Å²) in [5, 5.41) is 2.71. The third-order valence-corrected chi connectivity index (χ3v) is 1.95. The first-order chi connectivity index (χ1) is 8.15. The molecule has 1 N–H and O–H groups in total. The Morgan fingerprint density at radius 2 is 1.80 bits per heavy atom. The van der Waals surface area contributed by atoms with Gasteiger partial charge in [0.15, 0.2) is 0 Å². The smallest absolute Gasteiger partial charge is 0.255 e. The van der Waals surface area contributed by atoms with Gasteiger partial charge >= 0.3 is 0 Å². The number of nitrogens with one attached hydrogen (secondary N) is 1. The van der Waals surface area contributed by atoms with E-state index in [4.69, 9.17) is 2.74 Å². The molecule has 0 atom stereocenters. The fourth-order valence-corrected chi connectivity index (χ4v) is 1.21. The maximum atomic E-state index is 11.8. The third-order valence-electron chi connectivity index (χ3n) is 1.95. The lowest BCUT2D eigenvalue weighted by Gasteiger charge is -2.03. The summed E-state index contributed by atoms with van der Waals surface area (Å²) in [5.74, 6) is -0.253. The quantitative estimate of drug-likeness (QED) is 0.791. The SMILES string of the molecule is [2H]c1ccc(NC(=O)c2cccc([2H])c2)cc1. The standard InChI is InChI=1S/C13H11NO/c15-13(11-7-3-1-4-8-11)14-12-9-5-2-6-10-12/h1-10H,(H,14,15)/i2D,3D. The van der Waals surface area contributed by atoms with Crippen LogP contribution in [0.5, 0.6) is 0 Å². The minimum atomic E-state index is -0.253. The van der Waals surface area contributed by atoms with Crippen LogP contribution in [0.15, 0.2) is 60.6 Å². The van der Waals surface area contributed by atoms with Gasteiger partial charge in [-0.15, -0.1) is 0 Å². The van der Waals surface area contributed by atoms with Crippen molar-refractivity contribution in [3.8, 4) is 0 Å². The molecule has 2 rings (SSSR count). The van der Waals surface area contributed by atoms with E-state index in [2.05, 4.69) is 5.32 Å². The highest BCUT2D eigenvalue weighted by molar-refractivity contribution is 6.04. The lowest BCUT2D eigenvalue weighted by atomic mass is 10.2. The van der Waals surface area contributed by atoms with Gasteiger partial charge in [0.2, 0.25) is 0 Å². The Balaban J connectivity index is 2.14. The molecule has 0 bridgehead atoms. The Hall–Kier alpha value is -2.09. The van der Waals surface area contributed by atoms with Gasteiger partial charge in [-0.25, -0.2) is 0 Å². The van der Waals surface area contributed by atoms with Crippen molar-refractivity contribution in [1.82, 2.24) is 0 Å². The molecule has 2 aromatic carbocycles. The molecule has 0 saturated carbocycles. The summed E-state index contributed by atoms with van der Waals surface area (Å²) < 4.78 is 14.8. The second-order valence-electron chi connectivity index (χ2n) is 3.03. The van der Waals surface area contributed by atoms with Gasteiger partial charge in [0.25, 0.3) is 5.91 Å². The molecule has 0 aliphatic carbocycles. The topological polar surface area (TPSA) is 29.1 Å². The van der Waals surface area contributed by atoms with E-state index in [0.717, 1.165) is 0 Å². The molecule has 0 fully saturated rings.